The van der Waals surface area contributed by atoms with Gasteiger partial charge < -0.3 is 9.15 Å². The Labute approximate surface area is 200 Å². The van der Waals surface area contributed by atoms with E-state index in [-0.39, 0.29) is 10.6 Å². The largest absolute Gasteiger partial charge is 0.425 e. The van der Waals surface area contributed by atoms with Crippen LogP contribution in [0.1, 0.15) is 56.2 Å². The predicted octanol–water partition coefficient (Wildman–Crippen LogP) is 4.81. The standard InChI is InChI=1S/C26H31NO6S/c1-5-7-9-21(27-34(30,31)20-12-10-17(3)11-13-20)26(29)33-23-15-18(4)14-22-25(23)19(8-6-2)16-24(28)32-22/h10-16,21,27H,5-9H2,1-4H3/t21-/m1/s1. The lowest BCUT2D eigenvalue weighted by molar-refractivity contribution is -0.136. The fourth-order valence-corrected chi connectivity index (χ4v) is 5.02. The maximum Gasteiger partial charge on any atom is 0.336 e. The number of carbonyl (C=O) groups is 1. The van der Waals surface area contributed by atoms with Crippen LogP contribution < -0.4 is 15.1 Å². The second-order valence-corrected chi connectivity index (χ2v) is 10.2. The molecule has 0 bridgehead atoms. The summed E-state index contributed by atoms with van der Waals surface area (Å²) in [5, 5.41) is 0.552. The minimum Gasteiger partial charge on any atom is -0.425 e. The van der Waals surface area contributed by atoms with E-state index in [0.717, 1.165) is 29.5 Å². The number of hydrogen-bond donors (Lipinski definition) is 1. The molecule has 0 saturated carbocycles. The van der Waals surface area contributed by atoms with Gasteiger partial charge in [0.25, 0.3) is 0 Å². The van der Waals surface area contributed by atoms with Crippen LogP contribution in [-0.2, 0) is 21.2 Å². The van der Waals surface area contributed by atoms with E-state index in [2.05, 4.69) is 4.72 Å². The maximum atomic E-state index is 13.2. The molecule has 0 radical (unpaired) electrons. The minimum atomic E-state index is -3.93. The van der Waals surface area contributed by atoms with E-state index in [1.807, 2.05) is 20.8 Å². The number of ether oxygens (including phenoxy) is 1. The van der Waals surface area contributed by atoms with Crippen LogP contribution in [0, 0.1) is 13.8 Å². The van der Waals surface area contributed by atoms with Gasteiger partial charge in [-0.3, -0.25) is 0 Å². The van der Waals surface area contributed by atoms with Crippen molar-refractivity contribution < 1.29 is 22.4 Å². The lowest BCUT2D eigenvalue weighted by Crippen LogP contribution is -2.43. The molecule has 8 heteroatoms. The Kier molecular flexibility index (Phi) is 8.28. The molecule has 182 valence electrons. The fraction of sp³-hybridized carbons (Fsp3) is 0.385. The monoisotopic (exact) mass is 485 g/mol. The van der Waals surface area contributed by atoms with E-state index >= 15 is 0 Å². The van der Waals surface area contributed by atoms with Gasteiger partial charge in [-0.1, -0.05) is 50.8 Å². The Morgan fingerprint density at radius 2 is 1.74 bits per heavy atom. The van der Waals surface area contributed by atoms with Gasteiger partial charge in [-0.2, -0.15) is 4.72 Å². The molecule has 0 spiro atoms. The summed E-state index contributed by atoms with van der Waals surface area (Å²) in [5.74, 6) is -0.451. The lowest BCUT2D eigenvalue weighted by atomic mass is 10.0. The molecule has 3 rings (SSSR count). The fourth-order valence-electron chi connectivity index (χ4n) is 3.80. The van der Waals surface area contributed by atoms with E-state index < -0.39 is 27.7 Å². The molecular formula is C26H31NO6S. The van der Waals surface area contributed by atoms with Crippen LogP contribution >= 0.6 is 0 Å². The summed E-state index contributed by atoms with van der Waals surface area (Å²) < 4.78 is 39.6. The van der Waals surface area contributed by atoms with Crippen LogP contribution in [0.5, 0.6) is 5.75 Å². The third kappa shape index (κ3) is 6.12. The highest BCUT2D eigenvalue weighted by Gasteiger charge is 2.28. The van der Waals surface area contributed by atoms with Crippen LogP contribution in [0.25, 0.3) is 11.0 Å². The van der Waals surface area contributed by atoms with Crippen molar-refractivity contribution in [3.63, 3.8) is 0 Å². The summed E-state index contributed by atoms with van der Waals surface area (Å²) in [4.78, 5) is 25.3. The van der Waals surface area contributed by atoms with Crippen molar-refractivity contribution in [3.8, 4) is 5.75 Å². The van der Waals surface area contributed by atoms with Crippen LogP contribution in [0.4, 0.5) is 0 Å². The summed E-state index contributed by atoms with van der Waals surface area (Å²) in [6.07, 6.45) is 3.11. The van der Waals surface area contributed by atoms with Gasteiger partial charge >= 0.3 is 11.6 Å². The van der Waals surface area contributed by atoms with Crippen molar-refractivity contribution in [1.29, 1.82) is 0 Å². The molecule has 1 heterocycles. The molecule has 7 nitrogen and oxygen atoms in total. The summed E-state index contributed by atoms with van der Waals surface area (Å²) in [7, 11) is -3.93. The topological polar surface area (TPSA) is 103 Å². The van der Waals surface area contributed by atoms with Gasteiger partial charge in [0, 0.05) is 6.07 Å². The van der Waals surface area contributed by atoms with Crippen LogP contribution in [0.15, 0.2) is 56.6 Å². The number of aryl methyl sites for hydroxylation is 3. The molecule has 0 unspecified atom stereocenters. The Morgan fingerprint density at radius 3 is 2.38 bits per heavy atom. The predicted molar refractivity (Wildman–Crippen MR) is 132 cm³/mol. The number of sulfonamides is 1. The van der Waals surface area contributed by atoms with Gasteiger partial charge in [0.05, 0.1) is 10.3 Å². The minimum absolute atomic E-state index is 0.0837. The molecule has 0 aliphatic rings. The summed E-state index contributed by atoms with van der Waals surface area (Å²) in [6, 6.07) is 10.2. The maximum absolute atomic E-state index is 13.2. The van der Waals surface area contributed by atoms with Gasteiger partial charge in [-0.05, 0) is 62.1 Å². The Morgan fingerprint density at radius 1 is 1.03 bits per heavy atom. The number of fused-ring (bicyclic) bond motifs is 1. The SMILES string of the molecule is CCCC[C@@H](NS(=O)(=O)c1ccc(C)cc1)C(=O)Oc1cc(C)cc2oc(=O)cc(CCC)c12. The van der Waals surface area contributed by atoms with Crippen LogP contribution in [-0.4, -0.2) is 20.4 Å². The smallest absolute Gasteiger partial charge is 0.336 e. The zero-order valence-corrected chi connectivity index (χ0v) is 20.8. The van der Waals surface area contributed by atoms with Gasteiger partial charge in [-0.25, -0.2) is 18.0 Å². The summed E-state index contributed by atoms with van der Waals surface area (Å²) in [6.45, 7) is 7.62. The molecule has 2 aromatic carbocycles. The van der Waals surface area contributed by atoms with E-state index in [1.54, 1.807) is 31.2 Å². The van der Waals surface area contributed by atoms with E-state index in [1.165, 1.54) is 18.2 Å². The molecule has 0 aliphatic carbocycles. The average molecular weight is 486 g/mol. The number of unbranched alkanes of at least 4 members (excludes halogenated alkanes) is 1. The quantitative estimate of drug-likeness (QED) is 0.251. The van der Waals surface area contributed by atoms with Gasteiger partial charge in [0.1, 0.15) is 17.4 Å². The third-order valence-corrected chi connectivity index (χ3v) is 7.01. The molecular weight excluding hydrogens is 454 g/mol. The van der Waals surface area contributed by atoms with E-state index in [9.17, 15) is 18.0 Å². The Hall–Kier alpha value is -2.97. The highest BCUT2D eigenvalue weighted by molar-refractivity contribution is 7.89. The highest BCUT2D eigenvalue weighted by atomic mass is 32.2. The molecule has 0 aliphatic heterocycles. The lowest BCUT2D eigenvalue weighted by Gasteiger charge is -2.19. The molecule has 0 amide bonds. The Balaban J connectivity index is 1.97. The van der Waals surface area contributed by atoms with Crippen molar-refractivity contribution in [2.45, 2.75) is 70.7 Å². The Bertz CT molecular complexity index is 1330. The van der Waals surface area contributed by atoms with Crippen LogP contribution in [0.3, 0.4) is 0 Å². The first-order chi connectivity index (χ1) is 16.1. The van der Waals surface area contributed by atoms with Crippen molar-refractivity contribution >= 4 is 27.0 Å². The second kappa shape index (κ2) is 11.0. The van der Waals surface area contributed by atoms with E-state index in [0.29, 0.717) is 30.2 Å². The van der Waals surface area contributed by atoms with Crippen LogP contribution in [0.2, 0.25) is 0 Å². The zero-order valence-electron chi connectivity index (χ0n) is 20.0. The van der Waals surface area contributed by atoms with E-state index in [4.69, 9.17) is 9.15 Å². The van der Waals surface area contributed by atoms with Gasteiger partial charge in [0.15, 0.2) is 0 Å². The van der Waals surface area contributed by atoms with Crippen molar-refractivity contribution in [1.82, 2.24) is 4.72 Å². The molecule has 1 N–H and O–H groups in total. The van der Waals surface area contributed by atoms with Crippen molar-refractivity contribution in [2.24, 2.45) is 0 Å². The number of benzene rings is 2. The molecule has 0 saturated heterocycles. The number of nitrogens with one attached hydrogen (secondary N) is 1. The first kappa shape index (κ1) is 25.6. The van der Waals surface area contributed by atoms with Gasteiger partial charge in [0.2, 0.25) is 10.0 Å². The molecule has 1 atom stereocenters. The molecule has 3 aromatic rings. The first-order valence-corrected chi connectivity index (χ1v) is 13.0. The number of esters is 1. The highest BCUT2D eigenvalue weighted by Crippen LogP contribution is 2.31. The number of rotatable bonds is 10. The molecule has 0 fully saturated rings. The molecule has 34 heavy (non-hydrogen) atoms. The summed E-state index contributed by atoms with van der Waals surface area (Å²) in [5.41, 5.74) is 2.27. The van der Waals surface area contributed by atoms with Gasteiger partial charge in [-0.15, -0.1) is 0 Å². The number of hydrogen-bond acceptors (Lipinski definition) is 6. The van der Waals surface area contributed by atoms with Crippen molar-refractivity contribution in [3.05, 3.63) is 69.6 Å². The third-order valence-electron chi connectivity index (χ3n) is 5.52. The normalized spacial score (nSPS) is 12.6. The number of carbonyl (C=O) groups excluding carboxylic acids is 1. The second-order valence-electron chi connectivity index (χ2n) is 8.53. The first-order valence-electron chi connectivity index (χ1n) is 11.5. The summed E-state index contributed by atoms with van der Waals surface area (Å²) >= 11 is 0. The zero-order chi connectivity index (χ0) is 24.9. The molecule has 1 aromatic heterocycles. The van der Waals surface area contributed by atoms with Crippen molar-refractivity contribution in [2.75, 3.05) is 0 Å². The average Bonchev–Trinajstić information content (AvgIpc) is 2.76.